The van der Waals surface area contributed by atoms with Crippen LogP contribution in [-0.2, 0) is 20.5 Å². The van der Waals surface area contributed by atoms with Crippen molar-refractivity contribution >= 4 is 41.1 Å². The molecular weight excluding hydrogens is 495 g/mol. The van der Waals surface area contributed by atoms with E-state index in [1.54, 1.807) is 24.3 Å². The summed E-state index contributed by atoms with van der Waals surface area (Å²) in [5.74, 6) is -0.730. The Kier molecular flexibility index (Phi) is 10.7. The third-order valence-electron chi connectivity index (χ3n) is 5.10. The van der Waals surface area contributed by atoms with Crippen LogP contribution in [0.3, 0.4) is 0 Å². The van der Waals surface area contributed by atoms with Crippen molar-refractivity contribution in [3.05, 3.63) is 83.2 Å². The Bertz CT molecular complexity index is 1130. The molecule has 10 heteroatoms. The number of unbranched alkanes of at least 4 members (excludes halogenated alkanes) is 2. The van der Waals surface area contributed by atoms with Gasteiger partial charge in [-0.2, -0.15) is 13.2 Å². The van der Waals surface area contributed by atoms with Gasteiger partial charge in [0.2, 0.25) is 5.91 Å². The molecule has 0 aliphatic heterocycles. The molecule has 1 amide bonds. The first-order chi connectivity index (χ1) is 17.0. The minimum absolute atomic E-state index is 0.00413. The normalized spacial score (nSPS) is 12.0. The Morgan fingerprint density at radius 2 is 1.78 bits per heavy atom. The number of halogens is 4. The summed E-state index contributed by atoms with van der Waals surface area (Å²) < 4.78 is 43.5. The summed E-state index contributed by atoms with van der Waals surface area (Å²) >= 11 is 5.97. The van der Waals surface area contributed by atoms with Crippen LogP contribution in [0, 0.1) is 0 Å². The predicted molar refractivity (Wildman–Crippen MR) is 135 cm³/mol. The number of rotatable bonds is 11. The number of alkyl halides is 3. The van der Waals surface area contributed by atoms with E-state index in [-0.39, 0.29) is 30.3 Å². The van der Waals surface area contributed by atoms with Gasteiger partial charge in [0, 0.05) is 29.8 Å². The number of carbonyl (C=O) groups excluding carboxylic acids is 2. The van der Waals surface area contributed by atoms with Crippen molar-refractivity contribution in [1.29, 1.82) is 0 Å². The molecule has 2 rings (SSSR count). The van der Waals surface area contributed by atoms with Crippen molar-refractivity contribution in [2.75, 3.05) is 12.0 Å². The van der Waals surface area contributed by atoms with Crippen molar-refractivity contribution in [2.24, 2.45) is 10.7 Å². The van der Waals surface area contributed by atoms with E-state index in [1.807, 2.05) is 0 Å². The maximum absolute atomic E-state index is 13.0. The van der Waals surface area contributed by atoms with Crippen LogP contribution in [-0.4, -0.2) is 25.2 Å². The summed E-state index contributed by atoms with van der Waals surface area (Å²) in [5, 5.41) is 0.510. The number of esters is 1. The fraction of sp³-hybridized carbons (Fsp3) is 0.269. The fourth-order valence-electron chi connectivity index (χ4n) is 3.20. The molecule has 0 heterocycles. The number of amides is 1. The molecule has 0 bridgehead atoms. The van der Waals surface area contributed by atoms with Gasteiger partial charge in [-0.3, -0.25) is 14.5 Å². The number of hydrogen-bond donors (Lipinski definition) is 1. The molecule has 36 heavy (non-hydrogen) atoms. The number of allylic oxidation sites excluding steroid dienone is 1. The molecular formula is C26H27ClF3N3O3. The van der Waals surface area contributed by atoms with Crippen LogP contribution in [0.25, 0.3) is 5.70 Å². The third kappa shape index (κ3) is 8.88. The van der Waals surface area contributed by atoms with E-state index >= 15 is 0 Å². The zero-order valence-electron chi connectivity index (χ0n) is 19.7. The van der Waals surface area contributed by atoms with Gasteiger partial charge in [-0.1, -0.05) is 36.7 Å². The van der Waals surface area contributed by atoms with E-state index in [9.17, 15) is 22.8 Å². The second-order valence-corrected chi connectivity index (χ2v) is 8.17. The Morgan fingerprint density at radius 1 is 1.11 bits per heavy atom. The van der Waals surface area contributed by atoms with Crippen molar-refractivity contribution < 1.29 is 27.5 Å². The first-order valence-electron chi connectivity index (χ1n) is 11.0. The van der Waals surface area contributed by atoms with Gasteiger partial charge < -0.3 is 10.5 Å². The van der Waals surface area contributed by atoms with Crippen LogP contribution in [0.2, 0.25) is 5.02 Å². The van der Waals surface area contributed by atoms with Crippen LogP contribution < -0.4 is 10.6 Å². The second kappa shape index (κ2) is 13.5. The quantitative estimate of drug-likeness (QED) is 0.212. The average molecular weight is 522 g/mol. The Morgan fingerprint density at radius 3 is 2.39 bits per heavy atom. The highest BCUT2D eigenvalue weighted by molar-refractivity contribution is 6.30. The van der Waals surface area contributed by atoms with Gasteiger partial charge in [0.25, 0.3) is 0 Å². The minimum Gasteiger partial charge on any atom is -0.469 e. The van der Waals surface area contributed by atoms with Crippen molar-refractivity contribution in [3.63, 3.8) is 0 Å². The maximum Gasteiger partial charge on any atom is 0.416 e. The molecule has 0 fully saturated rings. The Labute approximate surface area is 212 Å². The molecule has 2 aromatic carbocycles. The molecule has 0 aromatic heterocycles. The number of nitrogens with zero attached hydrogens (tertiary/aromatic N) is 2. The molecule has 0 atom stereocenters. The third-order valence-corrected chi connectivity index (χ3v) is 5.33. The lowest BCUT2D eigenvalue weighted by molar-refractivity contribution is -0.140. The lowest BCUT2D eigenvalue weighted by Gasteiger charge is -2.23. The van der Waals surface area contributed by atoms with Crippen molar-refractivity contribution in [3.8, 4) is 0 Å². The second-order valence-electron chi connectivity index (χ2n) is 7.74. The fourth-order valence-corrected chi connectivity index (χ4v) is 3.39. The molecule has 0 saturated carbocycles. The van der Waals surface area contributed by atoms with Crippen LogP contribution in [0.1, 0.15) is 43.2 Å². The van der Waals surface area contributed by atoms with Crippen LogP contribution in [0.5, 0.6) is 0 Å². The summed E-state index contributed by atoms with van der Waals surface area (Å²) in [6.07, 6.45) is 0.264. The molecule has 2 N–H and O–H groups in total. The average Bonchev–Trinajstić information content (AvgIpc) is 2.83. The summed E-state index contributed by atoms with van der Waals surface area (Å²) in [6, 6.07) is 11.0. The van der Waals surface area contributed by atoms with Gasteiger partial charge in [0.05, 0.1) is 18.4 Å². The summed E-state index contributed by atoms with van der Waals surface area (Å²) in [4.78, 5) is 29.5. The topological polar surface area (TPSA) is 85.0 Å². The highest BCUT2D eigenvalue weighted by Gasteiger charge is 2.30. The number of anilines is 1. The van der Waals surface area contributed by atoms with Crippen molar-refractivity contribution in [2.45, 2.75) is 38.3 Å². The maximum atomic E-state index is 13.0. The van der Waals surface area contributed by atoms with E-state index in [0.717, 1.165) is 17.0 Å². The number of benzene rings is 2. The Balaban J connectivity index is 2.18. The number of nitrogens with two attached hydrogens (primary N) is 1. The highest BCUT2D eigenvalue weighted by atomic mass is 35.5. The number of aliphatic imine (C=N–C) groups is 1. The first kappa shape index (κ1) is 28.6. The number of methoxy groups -OCH3 is 1. The smallest absolute Gasteiger partial charge is 0.416 e. The number of hydrogen-bond acceptors (Lipinski definition) is 5. The van der Waals surface area contributed by atoms with Gasteiger partial charge in [0.1, 0.15) is 5.82 Å². The zero-order chi connectivity index (χ0) is 26.7. The summed E-state index contributed by atoms with van der Waals surface area (Å²) in [7, 11) is 1.30. The molecule has 2 aromatic rings. The lowest BCUT2D eigenvalue weighted by Crippen LogP contribution is -2.29. The van der Waals surface area contributed by atoms with E-state index < -0.39 is 17.6 Å². The minimum atomic E-state index is -4.51. The molecule has 0 radical (unpaired) electrons. The molecule has 0 saturated heterocycles. The monoisotopic (exact) mass is 521 g/mol. The van der Waals surface area contributed by atoms with E-state index in [0.29, 0.717) is 35.5 Å². The van der Waals surface area contributed by atoms with Crippen LogP contribution >= 0.6 is 11.6 Å². The van der Waals surface area contributed by atoms with Gasteiger partial charge in [-0.25, -0.2) is 4.99 Å². The molecule has 0 spiro atoms. The standard InChI is InChI=1S/C26H27ClF3N3O3/c1-18(32-16-15-23(31)19-7-6-8-21(27)17-19)33(22-13-11-20(12-14-22)26(28,29)30)24(34)9-4-3-5-10-25(35)36-2/h6-8,11-17H,1,3-5,9-10,31H2,2H3/b23-15-,32-16-. The lowest BCUT2D eigenvalue weighted by atomic mass is 10.1. The molecule has 6 nitrogen and oxygen atoms in total. The molecule has 0 unspecified atom stereocenters. The van der Waals surface area contributed by atoms with E-state index in [2.05, 4.69) is 16.3 Å². The number of ether oxygens (including phenoxy) is 1. The van der Waals surface area contributed by atoms with Crippen molar-refractivity contribution in [1.82, 2.24) is 0 Å². The van der Waals surface area contributed by atoms with Gasteiger partial charge in [-0.15, -0.1) is 0 Å². The molecule has 0 aliphatic carbocycles. The van der Waals surface area contributed by atoms with Gasteiger partial charge in [-0.05, 0) is 60.9 Å². The first-order valence-corrected chi connectivity index (χ1v) is 11.4. The van der Waals surface area contributed by atoms with Gasteiger partial charge in [0.15, 0.2) is 0 Å². The zero-order valence-corrected chi connectivity index (χ0v) is 20.5. The van der Waals surface area contributed by atoms with E-state index in [4.69, 9.17) is 17.3 Å². The molecule has 192 valence electrons. The van der Waals surface area contributed by atoms with Crippen LogP contribution in [0.4, 0.5) is 18.9 Å². The molecule has 0 aliphatic rings. The van der Waals surface area contributed by atoms with Gasteiger partial charge >= 0.3 is 12.1 Å². The summed E-state index contributed by atoms with van der Waals surface area (Å²) in [5.41, 5.74) is 6.43. The largest absolute Gasteiger partial charge is 0.469 e. The van der Waals surface area contributed by atoms with E-state index in [1.165, 1.54) is 31.5 Å². The Hall–Kier alpha value is -3.59. The highest BCUT2D eigenvalue weighted by Crippen LogP contribution is 2.31. The van der Waals surface area contributed by atoms with Crippen LogP contribution in [0.15, 0.2) is 72.0 Å². The predicted octanol–water partition coefficient (Wildman–Crippen LogP) is 6.36. The SMILES string of the molecule is C=C(/N=C\C=C(/N)c1cccc(Cl)c1)N(C(=O)CCCCCC(=O)OC)c1ccc(C(F)(F)F)cc1. The number of carbonyl (C=O) groups is 2. The summed E-state index contributed by atoms with van der Waals surface area (Å²) in [6.45, 7) is 3.82.